The molecule has 0 spiro atoms. The molecule has 0 bridgehead atoms. The van der Waals surface area contributed by atoms with Gasteiger partial charge >= 0.3 is 0 Å². The van der Waals surface area contributed by atoms with Crippen molar-refractivity contribution < 1.29 is 13.2 Å². The van der Waals surface area contributed by atoms with E-state index in [9.17, 15) is 13.2 Å². The van der Waals surface area contributed by atoms with E-state index < -0.39 is 10.0 Å². The number of benzene rings is 1. The van der Waals surface area contributed by atoms with Gasteiger partial charge in [0, 0.05) is 17.6 Å². The van der Waals surface area contributed by atoms with E-state index in [1.54, 1.807) is 0 Å². The Balaban J connectivity index is 0.00000242. The molecule has 0 aliphatic heterocycles. The number of nitrogens with one attached hydrogen (secondary N) is 1. The van der Waals surface area contributed by atoms with Gasteiger partial charge < -0.3 is 11.1 Å². The van der Waals surface area contributed by atoms with E-state index in [2.05, 4.69) is 5.32 Å². The zero-order chi connectivity index (χ0) is 15.5. The Morgan fingerprint density at radius 3 is 2.18 bits per heavy atom. The fourth-order valence-corrected chi connectivity index (χ4v) is 3.10. The molecule has 1 amide bonds. The molecule has 0 saturated heterocycles. The highest BCUT2D eigenvalue weighted by atomic mass is 35.5. The van der Waals surface area contributed by atoms with Crippen LogP contribution < -0.4 is 16.2 Å². The number of carbonyl (C=O) groups is 1. The van der Waals surface area contributed by atoms with E-state index in [0.29, 0.717) is 12.1 Å². The van der Waals surface area contributed by atoms with Crippen LogP contribution in [0.5, 0.6) is 0 Å². The minimum Gasteiger partial charge on any atom is -0.350 e. The first kappa shape index (κ1) is 18.9. The van der Waals surface area contributed by atoms with Crippen LogP contribution in [0.2, 0.25) is 0 Å². The van der Waals surface area contributed by atoms with E-state index in [-0.39, 0.29) is 28.7 Å². The molecule has 22 heavy (non-hydrogen) atoms. The smallest absolute Gasteiger partial charge is 0.251 e. The van der Waals surface area contributed by atoms with Gasteiger partial charge in [-0.05, 0) is 37.1 Å². The summed E-state index contributed by atoms with van der Waals surface area (Å²) >= 11 is 0. The van der Waals surface area contributed by atoms with Crippen molar-refractivity contribution in [2.45, 2.75) is 42.5 Å². The van der Waals surface area contributed by atoms with Gasteiger partial charge in [0.2, 0.25) is 10.0 Å². The maximum atomic E-state index is 12.0. The summed E-state index contributed by atoms with van der Waals surface area (Å²) in [6.45, 7) is 0.433. The minimum absolute atomic E-state index is 0. The predicted molar refractivity (Wildman–Crippen MR) is 87.4 cm³/mol. The molecule has 1 saturated carbocycles. The van der Waals surface area contributed by atoms with E-state index in [1.807, 2.05) is 0 Å². The number of sulfonamides is 1. The molecule has 6 nitrogen and oxygen atoms in total. The second-order valence-corrected chi connectivity index (χ2v) is 7.24. The molecule has 1 aliphatic rings. The van der Waals surface area contributed by atoms with Crippen molar-refractivity contribution in [1.29, 1.82) is 0 Å². The van der Waals surface area contributed by atoms with Gasteiger partial charge in [-0.15, -0.1) is 12.4 Å². The fourth-order valence-electron chi connectivity index (χ4n) is 2.59. The molecule has 0 unspecified atom stereocenters. The highest BCUT2D eigenvalue weighted by Gasteiger charge is 2.27. The zero-order valence-corrected chi connectivity index (χ0v) is 13.9. The molecule has 0 atom stereocenters. The average Bonchev–Trinajstić information content (AvgIpc) is 2.45. The number of amides is 1. The van der Waals surface area contributed by atoms with Gasteiger partial charge in [-0.2, -0.15) is 0 Å². The standard InChI is InChI=1S/C14H21N3O3S.ClH/c15-14(8-2-1-3-9-14)10-17-13(18)11-4-6-12(7-5-11)21(16,19)20;/h4-7H,1-3,8-10,15H2,(H,17,18)(H2,16,19,20);1H. The minimum atomic E-state index is -3.74. The molecule has 5 N–H and O–H groups in total. The van der Waals surface area contributed by atoms with Crippen molar-refractivity contribution >= 4 is 28.3 Å². The number of halogens is 1. The number of primary sulfonamides is 1. The Morgan fingerprint density at radius 2 is 1.68 bits per heavy atom. The largest absolute Gasteiger partial charge is 0.350 e. The Kier molecular flexibility index (Phi) is 6.37. The summed E-state index contributed by atoms with van der Waals surface area (Å²) in [6, 6.07) is 5.53. The van der Waals surface area contributed by atoms with Gasteiger partial charge in [0.25, 0.3) is 5.91 Å². The first-order valence-corrected chi connectivity index (χ1v) is 8.55. The average molecular weight is 348 g/mol. The maximum absolute atomic E-state index is 12.0. The SMILES string of the molecule is Cl.NC1(CNC(=O)c2ccc(S(N)(=O)=O)cc2)CCCCC1. The molecule has 1 aromatic carbocycles. The van der Waals surface area contributed by atoms with Gasteiger partial charge in [0.05, 0.1) is 4.90 Å². The lowest BCUT2D eigenvalue weighted by molar-refractivity contribution is 0.0937. The highest BCUT2D eigenvalue weighted by Crippen LogP contribution is 2.25. The third kappa shape index (κ3) is 4.95. The lowest BCUT2D eigenvalue weighted by Gasteiger charge is -2.33. The van der Waals surface area contributed by atoms with Crippen LogP contribution in [0.3, 0.4) is 0 Å². The van der Waals surface area contributed by atoms with Crippen LogP contribution in [0.25, 0.3) is 0 Å². The fraction of sp³-hybridized carbons (Fsp3) is 0.500. The topological polar surface area (TPSA) is 115 Å². The molecular formula is C14H22ClN3O3S. The molecule has 1 aromatic rings. The third-order valence-electron chi connectivity index (χ3n) is 3.90. The summed E-state index contributed by atoms with van der Waals surface area (Å²) in [5.74, 6) is -0.258. The van der Waals surface area contributed by atoms with Gasteiger partial charge in [-0.25, -0.2) is 13.6 Å². The van der Waals surface area contributed by atoms with Gasteiger partial charge in [-0.1, -0.05) is 19.3 Å². The normalized spacial score (nSPS) is 17.4. The first-order chi connectivity index (χ1) is 9.80. The molecule has 0 aromatic heterocycles. The molecule has 0 heterocycles. The Labute approximate surface area is 137 Å². The summed E-state index contributed by atoms with van der Waals surface area (Å²) in [5.41, 5.74) is 6.32. The highest BCUT2D eigenvalue weighted by molar-refractivity contribution is 7.89. The molecule has 124 valence electrons. The van der Waals surface area contributed by atoms with Gasteiger partial charge in [-0.3, -0.25) is 4.79 Å². The number of rotatable bonds is 4. The predicted octanol–water partition coefficient (Wildman–Crippen LogP) is 1.15. The van der Waals surface area contributed by atoms with Crippen LogP contribution >= 0.6 is 12.4 Å². The van der Waals surface area contributed by atoms with E-state index in [4.69, 9.17) is 10.9 Å². The van der Waals surface area contributed by atoms with Crippen LogP contribution in [0, 0.1) is 0 Å². The van der Waals surface area contributed by atoms with Crippen LogP contribution in [0.1, 0.15) is 42.5 Å². The zero-order valence-electron chi connectivity index (χ0n) is 12.2. The molecule has 0 radical (unpaired) electrons. The maximum Gasteiger partial charge on any atom is 0.251 e. The van der Waals surface area contributed by atoms with E-state index in [0.717, 1.165) is 25.7 Å². The Bertz CT molecular complexity index is 611. The monoisotopic (exact) mass is 347 g/mol. The summed E-state index contributed by atoms with van der Waals surface area (Å²) in [6.07, 6.45) is 5.21. The molecule has 8 heteroatoms. The van der Waals surface area contributed by atoms with Crippen LogP contribution in [-0.2, 0) is 10.0 Å². The van der Waals surface area contributed by atoms with Crippen LogP contribution in [0.4, 0.5) is 0 Å². The van der Waals surface area contributed by atoms with Crippen molar-refractivity contribution in [2.24, 2.45) is 10.9 Å². The lowest BCUT2D eigenvalue weighted by Crippen LogP contribution is -2.51. The summed E-state index contributed by atoms with van der Waals surface area (Å²) in [5, 5.41) is 7.83. The quantitative estimate of drug-likeness (QED) is 0.757. The number of nitrogens with two attached hydrogens (primary N) is 2. The Hall–Kier alpha value is -1.15. The molecule has 1 fully saturated rings. The lowest BCUT2D eigenvalue weighted by atomic mass is 9.82. The second-order valence-electron chi connectivity index (χ2n) is 5.68. The summed E-state index contributed by atoms with van der Waals surface area (Å²) < 4.78 is 22.3. The summed E-state index contributed by atoms with van der Waals surface area (Å²) in [7, 11) is -3.74. The van der Waals surface area contributed by atoms with Crippen molar-refractivity contribution in [3.63, 3.8) is 0 Å². The van der Waals surface area contributed by atoms with Crippen molar-refractivity contribution in [3.05, 3.63) is 29.8 Å². The van der Waals surface area contributed by atoms with Crippen molar-refractivity contribution in [3.8, 4) is 0 Å². The number of hydrogen-bond acceptors (Lipinski definition) is 4. The summed E-state index contributed by atoms with van der Waals surface area (Å²) in [4.78, 5) is 12.0. The third-order valence-corrected chi connectivity index (χ3v) is 4.82. The molecular weight excluding hydrogens is 326 g/mol. The van der Waals surface area contributed by atoms with Crippen molar-refractivity contribution in [1.82, 2.24) is 5.32 Å². The second kappa shape index (κ2) is 7.41. The van der Waals surface area contributed by atoms with E-state index in [1.165, 1.54) is 30.7 Å². The molecule has 1 aliphatic carbocycles. The number of carbonyl (C=O) groups excluding carboxylic acids is 1. The van der Waals surface area contributed by atoms with Crippen molar-refractivity contribution in [2.75, 3.05) is 6.54 Å². The van der Waals surface area contributed by atoms with Gasteiger partial charge in [0.1, 0.15) is 0 Å². The molecule has 2 rings (SSSR count). The van der Waals surface area contributed by atoms with Crippen LogP contribution in [-0.4, -0.2) is 26.4 Å². The Morgan fingerprint density at radius 1 is 1.14 bits per heavy atom. The van der Waals surface area contributed by atoms with Gasteiger partial charge in [0.15, 0.2) is 0 Å². The first-order valence-electron chi connectivity index (χ1n) is 7.00. The van der Waals surface area contributed by atoms with E-state index >= 15 is 0 Å². The number of hydrogen-bond donors (Lipinski definition) is 3. The van der Waals surface area contributed by atoms with Crippen LogP contribution in [0.15, 0.2) is 29.2 Å².